The molecule has 254 valence electrons. The first-order chi connectivity index (χ1) is 26.7. The topological polar surface area (TPSA) is 51.8 Å². The third-order valence-electron chi connectivity index (χ3n) is 10.2. The van der Waals surface area contributed by atoms with Crippen LogP contribution in [-0.4, -0.2) is 15.0 Å². The van der Waals surface area contributed by atoms with E-state index in [1.54, 1.807) is 0 Å². The molecule has 0 aliphatic carbocycles. The first kappa shape index (κ1) is 31.6. The Kier molecular flexibility index (Phi) is 7.66. The summed E-state index contributed by atoms with van der Waals surface area (Å²) in [4.78, 5) is 15.2. The average Bonchev–Trinajstić information content (AvgIpc) is 3.67. The average molecular weight is 692 g/mol. The number of para-hydroxylation sites is 1. The Morgan fingerprint density at radius 1 is 0.407 bits per heavy atom. The van der Waals surface area contributed by atoms with E-state index in [2.05, 4.69) is 153 Å². The van der Waals surface area contributed by atoms with E-state index in [4.69, 9.17) is 19.4 Å². The van der Waals surface area contributed by atoms with E-state index < -0.39 is 0 Å². The second-order valence-corrected chi connectivity index (χ2v) is 13.7. The summed E-state index contributed by atoms with van der Waals surface area (Å²) in [6.45, 7) is 2.08. The number of hydrogen-bond acceptors (Lipinski definition) is 4. The molecule has 0 spiro atoms. The van der Waals surface area contributed by atoms with Crippen molar-refractivity contribution in [3.05, 3.63) is 188 Å². The van der Waals surface area contributed by atoms with Gasteiger partial charge in [0.1, 0.15) is 5.52 Å². The Morgan fingerprint density at radius 2 is 1.11 bits per heavy atom. The molecule has 0 atom stereocenters. The van der Waals surface area contributed by atoms with Crippen LogP contribution in [0, 0.1) is 6.92 Å². The maximum Gasteiger partial charge on any atom is 0.227 e. The Balaban J connectivity index is 1.13. The Morgan fingerprint density at radius 3 is 2.00 bits per heavy atom. The SMILES string of the molecule is Cc1cccc(-c2nc3cc(-c4ccccc4-c4c(-c5cccc(-c6nc(-c7ccccc7)c7ccccc7n6)c5)ccc5ccccc45)ccc3o2)c1. The number of nitrogens with zero attached hydrogens (tertiary/aromatic N) is 3. The summed E-state index contributed by atoms with van der Waals surface area (Å²) in [5, 5.41) is 3.40. The number of aryl methyl sites for hydroxylation is 1. The van der Waals surface area contributed by atoms with E-state index in [1.807, 2.05) is 36.4 Å². The molecule has 2 aromatic heterocycles. The minimum atomic E-state index is 0.627. The molecular formula is C50H33N3O. The molecule has 8 aromatic carbocycles. The second kappa shape index (κ2) is 13.1. The number of aromatic nitrogens is 3. The molecule has 2 heterocycles. The van der Waals surface area contributed by atoms with Gasteiger partial charge in [-0.15, -0.1) is 0 Å². The highest BCUT2D eigenvalue weighted by Crippen LogP contribution is 2.44. The summed E-state index contributed by atoms with van der Waals surface area (Å²) in [5.74, 6) is 1.32. The normalized spacial score (nSPS) is 11.4. The Bertz CT molecular complexity index is 3020. The fourth-order valence-electron chi connectivity index (χ4n) is 7.60. The molecule has 4 heteroatoms. The molecule has 10 aromatic rings. The van der Waals surface area contributed by atoms with Crippen LogP contribution >= 0.6 is 0 Å². The van der Waals surface area contributed by atoms with E-state index in [-0.39, 0.29) is 0 Å². The molecule has 0 fully saturated rings. The minimum Gasteiger partial charge on any atom is -0.436 e. The third kappa shape index (κ3) is 5.62. The number of fused-ring (bicyclic) bond motifs is 3. The summed E-state index contributed by atoms with van der Waals surface area (Å²) in [6.07, 6.45) is 0. The van der Waals surface area contributed by atoms with Crippen molar-refractivity contribution in [2.75, 3.05) is 0 Å². The van der Waals surface area contributed by atoms with Gasteiger partial charge in [-0.05, 0) is 87.5 Å². The van der Waals surface area contributed by atoms with Crippen LogP contribution in [0.1, 0.15) is 5.56 Å². The van der Waals surface area contributed by atoms with E-state index >= 15 is 0 Å². The molecule has 54 heavy (non-hydrogen) atoms. The lowest BCUT2D eigenvalue weighted by Crippen LogP contribution is -1.96. The smallest absolute Gasteiger partial charge is 0.227 e. The third-order valence-corrected chi connectivity index (χ3v) is 10.2. The van der Waals surface area contributed by atoms with Crippen molar-refractivity contribution in [1.29, 1.82) is 0 Å². The summed E-state index contributed by atoms with van der Waals surface area (Å²) >= 11 is 0. The van der Waals surface area contributed by atoms with E-state index in [1.165, 1.54) is 21.9 Å². The number of rotatable bonds is 6. The lowest BCUT2D eigenvalue weighted by atomic mass is 9.85. The highest BCUT2D eigenvalue weighted by molar-refractivity contribution is 6.07. The van der Waals surface area contributed by atoms with Crippen LogP contribution in [-0.2, 0) is 0 Å². The van der Waals surface area contributed by atoms with Gasteiger partial charge in [0.05, 0.1) is 11.2 Å². The minimum absolute atomic E-state index is 0.627. The van der Waals surface area contributed by atoms with Crippen molar-refractivity contribution in [1.82, 2.24) is 15.0 Å². The number of oxazole rings is 1. The molecule has 4 nitrogen and oxygen atoms in total. The molecule has 0 saturated carbocycles. The highest BCUT2D eigenvalue weighted by atomic mass is 16.3. The van der Waals surface area contributed by atoms with Crippen molar-refractivity contribution in [3.8, 4) is 67.5 Å². The first-order valence-electron chi connectivity index (χ1n) is 18.2. The first-order valence-corrected chi connectivity index (χ1v) is 18.2. The predicted octanol–water partition coefficient (Wildman–Crippen LogP) is 13.2. The van der Waals surface area contributed by atoms with Crippen LogP contribution in [0.4, 0.5) is 0 Å². The van der Waals surface area contributed by atoms with E-state index in [9.17, 15) is 0 Å². The van der Waals surface area contributed by atoms with Gasteiger partial charge in [-0.3, -0.25) is 0 Å². The van der Waals surface area contributed by atoms with Gasteiger partial charge in [0.25, 0.3) is 0 Å². The van der Waals surface area contributed by atoms with Crippen molar-refractivity contribution in [2.24, 2.45) is 0 Å². The van der Waals surface area contributed by atoms with Crippen LogP contribution in [0.25, 0.3) is 100 Å². The molecule has 10 rings (SSSR count). The zero-order valence-electron chi connectivity index (χ0n) is 29.6. The van der Waals surface area contributed by atoms with Crippen LogP contribution < -0.4 is 0 Å². The van der Waals surface area contributed by atoms with Crippen LogP contribution in [0.3, 0.4) is 0 Å². The monoisotopic (exact) mass is 691 g/mol. The molecule has 0 bridgehead atoms. The highest BCUT2D eigenvalue weighted by Gasteiger charge is 2.19. The molecule has 0 radical (unpaired) electrons. The maximum atomic E-state index is 6.23. The van der Waals surface area contributed by atoms with Crippen LogP contribution in [0.5, 0.6) is 0 Å². The standard InChI is InChI=1S/C50H33N3O/c1-32-13-11-19-38(29-32)50-52-45-31-36(26-28-46(45)54-50)39-20-7-8-22-42(39)47-40-21-6-5-14-33(40)25-27-41(47)35-17-12-18-37(30-35)49-51-44-24-10-9-23-43(44)48(53-49)34-15-3-2-4-16-34/h2-31H,1H3. The van der Waals surface area contributed by atoms with Gasteiger partial charge in [0.15, 0.2) is 11.4 Å². The second-order valence-electron chi connectivity index (χ2n) is 13.7. The van der Waals surface area contributed by atoms with Crippen molar-refractivity contribution in [3.63, 3.8) is 0 Å². The molecule has 0 unspecified atom stereocenters. The van der Waals surface area contributed by atoms with Gasteiger partial charge in [-0.25, -0.2) is 15.0 Å². The van der Waals surface area contributed by atoms with Crippen molar-refractivity contribution < 1.29 is 4.42 Å². The van der Waals surface area contributed by atoms with Gasteiger partial charge in [-0.1, -0.05) is 151 Å². The fraction of sp³-hybridized carbons (Fsp3) is 0.0200. The number of benzene rings is 8. The van der Waals surface area contributed by atoms with Gasteiger partial charge in [-0.2, -0.15) is 0 Å². The van der Waals surface area contributed by atoms with Gasteiger partial charge in [0, 0.05) is 22.1 Å². The van der Waals surface area contributed by atoms with Crippen LogP contribution in [0.15, 0.2) is 186 Å². The largest absolute Gasteiger partial charge is 0.436 e. The van der Waals surface area contributed by atoms with E-state index in [0.717, 1.165) is 72.2 Å². The quantitative estimate of drug-likeness (QED) is 0.174. The summed E-state index contributed by atoms with van der Waals surface area (Å²) in [5.41, 5.74) is 14.4. The Hall–Kier alpha value is -7.17. The maximum absolute atomic E-state index is 6.23. The molecule has 0 saturated heterocycles. The molecule has 0 aliphatic rings. The summed E-state index contributed by atoms with van der Waals surface area (Å²) < 4.78 is 6.23. The lowest BCUT2D eigenvalue weighted by Gasteiger charge is -2.18. The van der Waals surface area contributed by atoms with Gasteiger partial charge >= 0.3 is 0 Å². The zero-order chi connectivity index (χ0) is 36.0. The zero-order valence-corrected chi connectivity index (χ0v) is 29.6. The summed E-state index contributed by atoms with van der Waals surface area (Å²) in [6, 6.07) is 63.6. The molecular weight excluding hydrogens is 659 g/mol. The van der Waals surface area contributed by atoms with Crippen molar-refractivity contribution in [2.45, 2.75) is 6.92 Å². The van der Waals surface area contributed by atoms with Crippen LogP contribution in [0.2, 0.25) is 0 Å². The summed E-state index contributed by atoms with van der Waals surface area (Å²) in [7, 11) is 0. The lowest BCUT2D eigenvalue weighted by molar-refractivity contribution is 0.620. The molecule has 0 amide bonds. The van der Waals surface area contributed by atoms with E-state index in [0.29, 0.717) is 11.7 Å². The molecule has 0 N–H and O–H groups in total. The number of hydrogen-bond donors (Lipinski definition) is 0. The van der Waals surface area contributed by atoms with Crippen molar-refractivity contribution >= 4 is 32.8 Å². The molecule has 0 aliphatic heterocycles. The van der Waals surface area contributed by atoms with Gasteiger partial charge < -0.3 is 4.42 Å². The Labute approximate surface area is 313 Å². The van der Waals surface area contributed by atoms with Gasteiger partial charge in [0.2, 0.25) is 5.89 Å². The fourth-order valence-corrected chi connectivity index (χ4v) is 7.60. The predicted molar refractivity (Wildman–Crippen MR) is 222 cm³/mol.